The van der Waals surface area contributed by atoms with Crippen molar-refractivity contribution in [1.82, 2.24) is 0 Å². The molecule has 0 aliphatic heterocycles. The minimum atomic E-state index is -0.873. The van der Waals surface area contributed by atoms with Crippen molar-refractivity contribution in [3.05, 3.63) is 0 Å². The average molecular weight is 1210 g/mol. The molecule has 0 aliphatic carbocycles. The van der Waals surface area contributed by atoms with Crippen molar-refractivity contribution in [1.29, 1.82) is 0 Å². The zero-order valence-corrected chi connectivity index (χ0v) is 63.0. The number of carbonyl (C=O) groups excluding carboxylic acids is 3. The van der Waals surface area contributed by atoms with E-state index in [4.69, 9.17) is 0 Å². The molecule has 7 heteroatoms. The van der Waals surface area contributed by atoms with E-state index in [9.17, 15) is 29.7 Å². The Labute approximate surface area is 545 Å². The standard InChI is InChI=1S/3C26H52O2.Al/c3*1-8-9-10-11-12-13-14-15-16-17-18-19-20-21-22-26(23(27)28,24(2,3)4)25(5,6)7;/h3*8-22H2,1-7H3,(H,27,28);/q;;;+3/p-3. The van der Waals surface area contributed by atoms with Crippen molar-refractivity contribution >= 4 is 35.3 Å². The van der Waals surface area contributed by atoms with Gasteiger partial charge in [-0.15, -0.1) is 0 Å². The summed E-state index contributed by atoms with van der Waals surface area (Å²) < 4.78 is 0. The van der Waals surface area contributed by atoms with Gasteiger partial charge in [0.05, 0.1) is 0 Å². The quantitative estimate of drug-likeness (QED) is 0.0442. The second-order valence-corrected chi connectivity index (χ2v) is 33.1. The maximum atomic E-state index is 12.2. The Balaban J connectivity index is -0.000000576. The summed E-state index contributed by atoms with van der Waals surface area (Å²) in [4.78, 5) is 36.5. The number of hydrogen-bond donors (Lipinski definition) is 0. The van der Waals surface area contributed by atoms with Gasteiger partial charge in [0.1, 0.15) is 0 Å². The molecule has 0 heterocycles. The third kappa shape index (κ3) is 36.5. The molecule has 0 radical (unpaired) electrons. The van der Waals surface area contributed by atoms with Crippen molar-refractivity contribution in [3.63, 3.8) is 0 Å². The normalized spacial score (nSPS) is 13.0. The molecule has 0 rings (SSSR count). The molecular formula is C78H153AlO6. The van der Waals surface area contributed by atoms with Crippen LogP contribution in [0.4, 0.5) is 0 Å². The monoisotopic (exact) mass is 1210 g/mol. The zero-order chi connectivity index (χ0) is 65.1. The number of carboxylic acids is 3. The fraction of sp³-hybridized carbons (Fsp3) is 0.962. The molecule has 0 bridgehead atoms. The molecule has 0 aromatic carbocycles. The minimum Gasteiger partial charge on any atom is -0.550 e. The Morgan fingerprint density at radius 2 is 0.294 bits per heavy atom. The second-order valence-electron chi connectivity index (χ2n) is 33.1. The maximum Gasteiger partial charge on any atom is 3.00 e. The summed E-state index contributed by atoms with van der Waals surface area (Å²) in [6.45, 7) is 43.8. The van der Waals surface area contributed by atoms with Crippen LogP contribution in [-0.4, -0.2) is 35.3 Å². The third-order valence-electron chi connectivity index (χ3n) is 20.4. The molecular weight excluding hydrogens is 1060 g/mol. The summed E-state index contributed by atoms with van der Waals surface area (Å²) in [5.74, 6) is -2.62. The molecule has 0 unspecified atom stereocenters. The number of aliphatic carboxylic acids is 3. The van der Waals surface area contributed by atoms with E-state index in [0.29, 0.717) is 0 Å². The molecule has 504 valence electrons. The molecule has 0 aliphatic rings. The number of rotatable bonds is 48. The summed E-state index contributed by atoms with van der Waals surface area (Å²) >= 11 is 0. The molecule has 0 atom stereocenters. The van der Waals surface area contributed by atoms with Crippen LogP contribution in [0.5, 0.6) is 0 Å². The van der Waals surface area contributed by atoms with E-state index in [-0.39, 0.29) is 49.9 Å². The Morgan fingerprint density at radius 1 is 0.200 bits per heavy atom. The molecule has 0 N–H and O–H groups in total. The van der Waals surface area contributed by atoms with Gasteiger partial charge in [0, 0.05) is 34.2 Å². The first kappa shape index (κ1) is 90.4. The topological polar surface area (TPSA) is 120 Å². The van der Waals surface area contributed by atoms with Gasteiger partial charge >= 0.3 is 17.4 Å². The van der Waals surface area contributed by atoms with Crippen molar-refractivity contribution in [2.75, 3.05) is 0 Å². The van der Waals surface area contributed by atoms with Gasteiger partial charge in [0.2, 0.25) is 0 Å². The van der Waals surface area contributed by atoms with Crippen molar-refractivity contribution < 1.29 is 29.7 Å². The first-order valence-corrected chi connectivity index (χ1v) is 36.7. The first-order chi connectivity index (χ1) is 39.0. The number of hydrogen-bond acceptors (Lipinski definition) is 6. The number of carbonyl (C=O) groups is 3. The fourth-order valence-electron chi connectivity index (χ4n) is 15.5. The first-order valence-electron chi connectivity index (χ1n) is 36.7. The van der Waals surface area contributed by atoms with Gasteiger partial charge in [-0.3, -0.25) is 0 Å². The van der Waals surface area contributed by atoms with E-state index in [1.165, 1.54) is 231 Å². The van der Waals surface area contributed by atoms with E-state index in [2.05, 4.69) is 145 Å². The van der Waals surface area contributed by atoms with Crippen LogP contribution >= 0.6 is 0 Å². The molecule has 0 saturated heterocycles. The van der Waals surface area contributed by atoms with Crippen LogP contribution in [0.1, 0.15) is 434 Å². The SMILES string of the molecule is CCCCCCCCCCCCCCCCC(C(=O)[O-])(C(C)(C)C)C(C)(C)C.CCCCCCCCCCCCCCCCC(C(=O)[O-])(C(C)(C)C)C(C)(C)C.CCCCCCCCCCCCCCCCC(C(=O)[O-])(C(C)(C)C)C(C)(C)C.[Al+3]. The Bertz CT molecular complexity index is 1340. The molecule has 6 nitrogen and oxygen atoms in total. The predicted molar refractivity (Wildman–Crippen MR) is 370 cm³/mol. The van der Waals surface area contributed by atoms with Gasteiger partial charge in [-0.1, -0.05) is 415 Å². The third-order valence-corrected chi connectivity index (χ3v) is 20.4. The van der Waals surface area contributed by atoms with Crippen molar-refractivity contribution in [2.45, 2.75) is 434 Å². The van der Waals surface area contributed by atoms with Gasteiger partial charge in [0.15, 0.2) is 0 Å². The second kappa shape index (κ2) is 48.7. The van der Waals surface area contributed by atoms with Crippen LogP contribution in [-0.2, 0) is 14.4 Å². The molecule has 85 heavy (non-hydrogen) atoms. The van der Waals surface area contributed by atoms with Crippen LogP contribution in [0.3, 0.4) is 0 Å². The van der Waals surface area contributed by atoms with E-state index >= 15 is 0 Å². The van der Waals surface area contributed by atoms with Crippen molar-refractivity contribution in [2.24, 2.45) is 48.7 Å². The van der Waals surface area contributed by atoms with Crippen LogP contribution < -0.4 is 15.3 Å². The van der Waals surface area contributed by atoms with Crippen molar-refractivity contribution in [3.8, 4) is 0 Å². The van der Waals surface area contributed by atoms with E-state index < -0.39 is 34.2 Å². The van der Waals surface area contributed by atoms with Crippen LogP contribution in [0, 0.1) is 48.7 Å². The summed E-state index contributed by atoms with van der Waals surface area (Å²) in [7, 11) is 0. The van der Waals surface area contributed by atoms with Gasteiger partial charge in [-0.25, -0.2) is 0 Å². The number of unbranched alkanes of at least 4 members (excludes halogenated alkanes) is 39. The van der Waals surface area contributed by atoms with Crippen LogP contribution in [0.15, 0.2) is 0 Å². The van der Waals surface area contributed by atoms with Gasteiger partial charge in [0.25, 0.3) is 0 Å². The summed E-state index contributed by atoms with van der Waals surface area (Å²) in [5.41, 5.74) is -4.17. The predicted octanol–water partition coefficient (Wildman–Crippen LogP) is 22.7. The molecule has 0 spiro atoms. The molecule has 0 aromatic heterocycles. The Morgan fingerprint density at radius 3 is 0.376 bits per heavy atom. The van der Waals surface area contributed by atoms with E-state index in [1.807, 2.05) is 0 Å². The zero-order valence-electron chi connectivity index (χ0n) is 61.8. The molecule has 0 saturated carbocycles. The Kier molecular flexibility index (Phi) is 51.8. The summed E-state index contributed by atoms with van der Waals surface area (Å²) in [6.07, 6.45) is 57.7. The number of carboxylic acid groups (broad SMARTS) is 3. The van der Waals surface area contributed by atoms with Crippen LogP contribution in [0.2, 0.25) is 0 Å². The van der Waals surface area contributed by atoms with E-state index in [0.717, 1.165) is 57.8 Å². The van der Waals surface area contributed by atoms with Gasteiger partial charge in [-0.05, 0) is 51.8 Å². The molecule has 0 aromatic rings. The fourth-order valence-corrected chi connectivity index (χ4v) is 15.5. The average Bonchev–Trinajstić information content (AvgIpc) is 1.35. The van der Waals surface area contributed by atoms with Gasteiger partial charge in [-0.2, -0.15) is 0 Å². The minimum absolute atomic E-state index is 0. The van der Waals surface area contributed by atoms with Crippen LogP contribution in [0.25, 0.3) is 0 Å². The molecule has 0 amide bonds. The summed E-state index contributed by atoms with van der Waals surface area (Å²) in [6, 6.07) is 0. The molecule has 0 fully saturated rings. The summed E-state index contributed by atoms with van der Waals surface area (Å²) in [5, 5.41) is 36.5. The smallest absolute Gasteiger partial charge is 0.550 e. The largest absolute Gasteiger partial charge is 3.00 e. The Hall–Kier alpha value is -1.06. The van der Waals surface area contributed by atoms with Gasteiger partial charge < -0.3 is 29.7 Å². The maximum absolute atomic E-state index is 12.2. The van der Waals surface area contributed by atoms with E-state index in [1.54, 1.807) is 0 Å².